The van der Waals surface area contributed by atoms with Crippen LogP contribution in [-0.2, 0) is 10.9 Å². The molecule has 0 aromatic heterocycles. The summed E-state index contributed by atoms with van der Waals surface area (Å²) < 4.78 is 42.4. The summed E-state index contributed by atoms with van der Waals surface area (Å²) in [7, 11) is 1.53. The van der Waals surface area contributed by atoms with Crippen LogP contribution in [0.15, 0.2) is 18.2 Å². The Balaban J connectivity index is 2.84. The predicted octanol–water partition coefficient (Wildman–Crippen LogP) is 3.81. The lowest BCUT2D eigenvalue weighted by Gasteiger charge is -2.15. The molecule has 1 aromatic carbocycles. The van der Waals surface area contributed by atoms with E-state index < -0.39 is 11.7 Å². The Hall–Kier alpha value is -0.940. The molecule has 0 fully saturated rings. The second-order valence-corrected chi connectivity index (χ2v) is 4.03. The Morgan fingerprint density at radius 3 is 2.59 bits per heavy atom. The molecule has 0 radical (unpaired) electrons. The lowest BCUT2D eigenvalue weighted by molar-refractivity contribution is -0.137. The summed E-state index contributed by atoms with van der Waals surface area (Å²) in [5, 5.41) is 3.07. The van der Waals surface area contributed by atoms with E-state index in [1.165, 1.54) is 13.2 Å². The topological polar surface area (TPSA) is 21.3 Å². The molecule has 0 aliphatic heterocycles. The van der Waals surface area contributed by atoms with E-state index in [9.17, 15) is 13.2 Å². The molecular formula is C11H13ClF3NO. The number of hydrogen-bond donors (Lipinski definition) is 1. The largest absolute Gasteiger partial charge is 0.416 e. The van der Waals surface area contributed by atoms with Crippen molar-refractivity contribution in [3.8, 4) is 0 Å². The molecule has 0 saturated carbocycles. The molecule has 1 rings (SSSR count). The van der Waals surface area contributed by atoms with Crippen LogP contribution in [0.25, 0.3) is 0 Å². The minimum atomic E-state index is -4.37. The lowest BCUT2D eigenvalue weighted by Crippen LogP contribution is -2.18. The third-order valence-electron chi connectivity index (χ3n) is 2.28. The van der Waals surface area contributed by atoms with Crippen molar-refractivity contribution in [3.05, 3.63) is 28.8 Å². The highest BCUT2D eigenvalue weighted by molar-refractivity contribution is 6.33. The Morgan fingerprint density at radius 1 is 1.41 bits per heavy atom. The third kappa shape index (κ3) is 4.09. The van der Waals surface area contributed by atoms with Crippen molar-refractivity contribution in [1.82, 2.24) is 0 Å². The standard InChI is InChI=1S/C11H13ClF3NO/c1-7(17-2)6-16-10-5-8(11(13,14)15)3-4-9(10)12/h3-5,7,16H,6H2,1-2H3. The first-order valence-corrected chi connectivity index (χ1v) is 5.36. The van der Waals surface area contributed by atoms with E-state index in [1.807, 2.05) is 0 Å². The highest BCUT2D eigenvalue weighted by Gasteiger charge is 2.30. The number of methoxy groups -OCH3 is 1. The summed E-state index contributed by atoms with van der Waals surface area (Å²) >= 11 is 5.80. The molecular weight excluding hydrogens is 255 g/mol. The van der Waals surface area contributed by atoms with Gasteiger partial charge in [-0.3, -0.25) is 0 Å². The van der Waals surface area contributed by atoms with Crippen LogP contribution >= 0.6 is 11.6 Å². The maximum absolute atomic E-state index is 12.5. The molecule has 0 amide bonds. The second-order valence-electron chi connectivity index (χ2n) is 3.62. The van der Waals surface area contributed by atoms with Gasteiger partial charge in [-0.1, -0.05) is 11.6 Å². The number of anilines is 1. The zero-order valence-electron chi connectivity index (χ0n) is 9.44. The fraction of sp³-hybridized carbons (Fsp3) is 0.455. The Kier molecular flexibility index (Phi) is 4.65. The summed E-state index contributed by atoms with van der Waals surface area (Å²) in [6, 6.07) is 3.17. The first-order valence-electron chi connectivity index (χ1n) is 4.98. The van der Waals surface area contributed by atoms with Crippen molar-refractivity contribution in [2.24, 2.45) is 0 Å². The first kappa shape index (κ1) is 14.1. The van der Waals surface area contributed by atoms with Crippen LogP contribution in [-0.4, -0.2) is 19.8 Å². The van der Waals surface area contributed by atoms with Gasteiger partial charge in [0.05, 0.1) is 22.4 Å². The van der Waals surface area contributed by atoms with Gasteiger partial charge in [0.15, 0.2) is 0 Å². The molecule has 1 aromatic rings. The molecule has 2 nitrogen and oxygen atoms in total. The fourth-order valence-electron chi connectivity index (χ4n) is 1.17. The van der Waals surface area contributed by atoms with Crippen LogP contribution in [0.2, 0.25) is 5.02 Å². The molecule has 0 spiro atoms. The number of ether oxygens (including phenoxy) is 1. The molecule has 0 aliphatic rings. The van der Waals surface area contributed by atoms with Gasteiger partial charge < -0.3 is 10.1 Å². The maximum Gasteiger partial charge on any atom is 0.416 e. The quantitative estimate of drug-likeness (QED) is 0.896. The Labute approximate surface area is 103 Å². The molecule has 0 saturated heterocycles. The summed E-state index contributed by atoms with van der Waals surface area (Å²) in [5.74, 6) is 0. The number of halogens is 4. The van der Waals surface area contributed by atoms with Crippen LogP contribution in [0.5, 0.6) is 0 Å². The van der Waals surface area contributed by atoms with Gasteiger partial charge in [0, 0.05) is 13.7 Å². The van der Waals surface area contributed by atoms with E-state index in [0.717, 1.165) is 12.1 Å². The van der Waals surface area contributed by atoms with Gasteiger partial charge in [-0.25, -0.2) is 0 Å². The number of rotatable bonds is 4. The molecule has 0 heterocycles. The van der Waals surface area contributed by atoms with Crippen LogP contribution in [0.3, 0.4) is 0 Å². The van der Waals surface area contributed by atoms with E-state index in [-0.39, 0.29) is 16.8 Å². The van der Waals surface area contributed by atoms with Crippen molar-refractivity contribution in [2.45, 2.75) is 19.2 Å². The number of alkyl halides is 3. The molecule has 1 N–H and O–H groups in total. The number of benzene rings is 1. The van der Waals surface area contributed by atoms with Crippen molar-refractivity contribution >= 4 is 17.3 Å². The smallest absolute Gasteiger partial charge is 0.381 e. The molecule has 96 valence electrons. The fourth-order valence-corrected chi connectivity index (χ4v) is 1.36. The van der Waals surface area contributed by atoms with Gasteiger partial charge in [-0.2, -0.15) is 13.2 Å². The molecule has 17 heavy (non-hydrogen) atoms. The van der Waals surface area contributed by atoms with E-state index in [1.54, 1.807) is 6.92 Å². The number of nitrogens with one attached hydrogen (secondary N) is 1. The maximum atomic E-state index is 12.5. The van der Waals surface area contributed by atoms with Crippen molar-refractivity contribution in [1.29, 1.82) is 0 Å². The zero-order valence-corrected chi connectivity index (χ0v) is 10.2. The van der Waals surface area contributed by atoms with Gasteiger partial charge in [0.25, 0.3) is 0 Å². The van der Waals surface area contributed by atoms with Crippen LogP contribution in [0.4, 0.5) is 18.9 Å². The van der Waals surface area contributed by atoms with E-state index in [4.69, 9.17) is 16.3 Å². The minimum absolute atomic E-state index is 0.111. The summed E-state index contributed by atoms with van der Waals surface area (Å²) in [6.45, 7) is 2.19. The summed E-state index contributed by atoms with van der Waals surface area (Å²) in [6.07, 6.45) is -4.48. The van der Waals surface area contributed by atoms with Crippen LogP contribution < -0.4 is 5.32 Å². The van der Waals surface area contributed by atoms with Gasteiger partial charge in [-0.15, -0.1) is 0 Å². The van der Waals surface area contributed by atoms with Gasteiger partial charge in [-0.05, 0) is 25.1 Å². The molecule has 0 bridgehead atoms. The van der Waals surface area contributed by atoms with Gasteiger partial charge in [0.2, 0.25) is 0 Å². The van der Waals surface area contributed by atoms with Gasteiger partial charge >= 0.3 is 6.18 Å². The summed E-state index contributed by atoms with van der Waals surface area (Å²) in [5.41, 5.74) is -0.472. The second kappa shape index (κ2) is 5.60. The molecule has 1 atom stereocenters. The average molecular weight is 268 g/mol. The average Bonchev–Trinajstić information content (AvgIpc) is 2.26. The van der Waals surface area contributed by atoms with E-state index >= 15 is 0 Å². The van der Waals surface area contributed by atoms with Gasteiger partial charge in [0.1, 0.15) is 0 Å². The Bertz CT molecular complexity index is 381. The monoisotopic (exact) mass is 267 g/mol. The first-order chi connectivity index (χ1) is 7.84. The highest BCUT2D eigenvalue weighted by atomic mass is 35.5. The van der Waals surface area contributed by atoms with Crippen LogP contribution in [0.1, 0.15) is 12.5 Å². The van der Waals surface area contributed by atoms with E-state index in [0.29, 0.717) is 6.54 Å². The Morgan fingerprint density at radius 2 is 2.06 bits per heavy atom. The SMILES string of the molecule is COC(C)CNc1cc(C(F)(F)F)ccc1Cl. The van der Waals surface area contributed by atoms with E-state index in [2.05, 4.69) is 5.32 Å². The molecule has 6 heteroatoms. The third-order valence-corrected chi connectivity index (χ3v) is 2.61. The highest BCUT2D eigenvalue weighted by Crippen LogP contribution is 2.33. The number of hydrogen-bond acceptors (Lipinski definition) is 2. The van der Waals surface area contributed by atoms with Crippen molar-refractivity contribution in [2.75, 3.05) is 19.0 Å². The zero-order chi connectivity index (χ0) is 13.1. The molecule has 1 unspecified atom stereocenters. The summed E-state index contributed by atoms with van der Waals surface area (Å²) in [4.78, 5) is 0. The molecule has 0 aliphatic carbocycles. The van der Waals surface area contributed by atoms with Crippen LogP contribution in [0, 0.1) is 0 Å². The normalized spacial score (nSPS) is 13.5. The lowest BCUT2D eigenvalue weighted by atomic mass is 10.2. The minimum Gasteiger partial charge on any atom is -0.381 e. The predicted molar refractivity (Wildman–Crippen MR) is 61.4 cm³/mol. The van der Waals surface area contributed by atoms with Crippen molar-refractivity contribution < 1.29 is 17.9 Å². The van der Waals surface area contributed by atoms with Crippen molar-refractivity contribution in [3.63, 3.8) is 0 Å².